The molecule has 0 aliphatic rings. The van der Waals surface area contributed by atoms with Gasteiger partial charge in [-0.1, -0.05) is 6.07 Å². The van der Waals surface area contributed by atoms with E-state index in [9.17, 15) is 0 Å². The molecule has 0 saturated heterocycles. The Hall–Kier alpha value is -1.27. The van der Waals surface area contributed by atoms with E-state index in [-0.39, 0.29) is 0 Å². The molecule has 6 heteroatoms. The minimum absolute atomic E-state index is 0.697. The van der Waals surface area contributed by atoms with Crippen molar-refractivity contribution >= 4 is 42.9 Å². The van der Waals surface area contributed by atoms with E-state index in [0.717, 1.165) is 20.0 Å². The Morgan fingerprint density at radius 2 is 1.53 bits per heavy atom. The summed E-state index contributed by atoms with van der Waals surface area (Å²) in [7, 11) is 0. The van der Waals surface area contributed by atoms with Crippen molar-refractivity contribution in [1.82, 2.24) is 20.0 Å². The van der Waals surface area contributed by atoms with Gasteiger partial charge >= 0.3 is 0 Å². The molecule has 0 N–H and O–H groups in total. The van der Waals surface area contributed by atoms with Gasteiger partial charge in [0.25, 0.3) is 0 Å². The molecule has 0 aliphatic heterocycles. The molecule has 0 fully saturated rings. The van der Waals surface area contributed by atoms with Crippen LogP contribution in [0.15, 0.2) is 45.5 Å². The van der Waals surface area contributed by atoms with E-state index in [4.69, 9.17) is 0 Å². The standard InChI is InChI=1S/C11H6Br2N4/c12-7-4-5-8(13)11-10(7)15-17(16-11)9-3-1-2-6-14-9/h1-6H. The van der Waals surface area contributed by atoms with E-state index >= 15 is 0 Å². The molecule has 0 aliphatic carbocycles. The number of benzene rings is 1. The lowest BCUT2D eigenvalue weighted by Gasteiger charge is -1.94. The van der Waals surface area contributed by atoms with Gasteiger partial charge in [-0.2, -0.15) is 0 Å². The number of rotatable bonds is 1. The van der Waals surface area contributed by atoms with Gasteiger partial charge < -0.3 is 0 Å². The summed E-state index contributed by atoms with van der Waals surface area (Å²) in [5.41, 5.74) is 1.62. The predicted molar refractivity (Wildman–Crippen MR) is 72.1 cm³/mol. The summed E-state index contributed by atoms with van der Waals surface area (Å²) in [5.74, 6) is 0.697. The minimum atomic E-state index is 0.697. The average molecular weight is 354 g/mol. The molecule has 0 radical (unpaired) electrons. The van der Waals surface area contributed by atoms with Crippen LogP contribution in [0.3, 0.4) is 0 Å². The van der Waals surface area contributed by atoms with Crippen molar-refractivity contribution < 1.29 is 0 Å². The van der Waals surface area contributed by atoms with Crippen molar-refractivity contribution in [2.45, 2.75) is 0 Å². The zero-order valence-corrected chi connectivity index (χ0v) is 11.7. The minimum Gasteiger partial charge on any atom is -0.236 e. The molecule has 84 valence electrons. The summed E-state index contributed by atoms with van der Waals surface area (Å²) in [6, 6.07) is 9.49. The summed E-state index contributed by atoms with van der Waals surface area (Å²) in [4.78, 5) is 5.74. The monoisotopic (exact) mass is 352 g/mol. The summed E-state index contributed by atoms with van der Waals surface area (Å²) in [5, 5.41) is 8.82. The Morgan fingerprint density at radius 3 is 2.06 bits per heavy atom. The lowest BCUT2D eigenvalue weighted by Crippen LogP contribution is -2.00. The molecule has 0 amide bonds. The molecular formula is C11H6Br2N4. The van der Waals surface area contributed by atoms with Crippen molar-refractivity contribution in [3.8, 4) is 5.82 Å². The number of halogens is 2. The lowest BCUT2D eigenvalue weighted by molar-refractivity contribution is 0.741. The van der Waals surface area contributed by atoms with Crippen LogP contribution in [0.2, 0.25) is 0 Å². The smallest absolute Gasteiger partial charge is 0.174 e. The van der Waals surface area contributed by atoms with Gasteiger partial charge in [0, 0.05) is 15.1 Å². The predicted octanol–water partition coefficient (Wildman–Crippen LogP) is 3.34. The molecule has 2 heterocycles. The molecule has 0 spiro atoms. The van der Waals surface area contributed by atoms with E-state index in [1.165, 1.54) is 4.80 Å². The maximum atomic E-state index is 4.41. The number of aromatic nitrogens is 4. The summed E-state index contributed by atoms with van der Waals surface area (Å²) >= 11 is 6.92. The third-order valence-corrected chi connectivity index (χ3v) is 3.58. The first-order valence-corrected chi connectivity index (χ1v) is 6.47. The van der Waals surface area contributed by atoms with Crippen molar-refractivity contribution in [2.24, 2.45) is 0 Å². The number of hydrogen-bond acceptors (Lipinski definition) is 3. The Labute approximate surface area is 114 Å². The largest absolute Gasteiger partial charge is 0.236 e. The molecule has 0 unspecified atom stereocenters. The van der Waals surface area contributed by atoms with Crippen molar-refractivity contribution in [3.63, 3.8) is 0 Å². The summed E-state index contributed by atoms with van der Waals surface area (Å²) in [6.07, 6.45) is 1.72. The molecule has 3 rings (SSSR count). The van der Waals surface area contributed by atoms with Gasteiger partial charge in [-0.25, -0.2) is 4.98 Å². The summed E-state index contributed by atoms with van der Waals surface area (Å²) < 4.78 is 1.83. The van der Waals surface area contributed by atoms with Crippen LogP contribution in [0.1, 0.15) is 0 Å². The first kappa shape index (κ1) is 10.9. The summed E-state index contributed by atoms with van der Waals surface area (Å²) in [6.45, 7) is 0. The van der Waals surface area contributed by atoms with Crippen molar-refractivity contribution in [2.75, 3.05) is 0 Å². The van der Waals surface area contributed by atoms with Crippen molar-refractivity contribution in [1.29, 1.82) is 0 Å². The molecule has 0 bridgehead atoms. The Kier molecular flexibility index (Phi) is 2.68. The van der Waals surface area contributed by atoms with Crippen LogP contribution in [0, 0.1) is 0 Å². The molecule has 0 saturated carbocycles. The Morgan fingerprint density at radius 1 is 0.882 bits per heavy atom. The van der Waals surface area contributed by atoms with E-state index in [1.807, 2.05) is 30.3 Å². The van der Waals surface area contributed by atoms with Gasteiger partial charge in [0.15, 0.2) is 5.82 Å². The third kappa shape index (κ3) is 1.87. The molecule has 0 atom stereocenters. The Bertz CT molecular complexity index is 640. The molecule has 4 nitrogen and oxygen atoms in total. The van der Waals surface area contributed by atoms with E-state index in [0.29, 0.717) is 5.82 Å². The fourth-order valence-electron chi connectivity index (χ4n) is 1.51. The fraction of sp³-hybridized carbons (Fsp3) is 0. The van der Waals surface area contributed by atoms with Crippen LogP contribution in [0.5, 0.6) is 0 Å². The van der Waals surface area contributed by atoms with Crippen LogP contribution < -0.4 is 0 Å². The van der Waals surface area contributed by atoms with Gasteiger partial charge in [0.05, 0.1) is 0 Å². The maximum absolute atomic E-state index is 4.41. The van der Waals surface area contributed by atoms with Crippen LogP contribution >= 0.6 is 31.9 Å². The second-order valence-electron chi connectivity index (χ2n) is 3.40. The SMILES string of the molecule is Brc1ccc(Br)c2nn(-c3ccccn3)nc12. The van der Waals surface area contributed by atoms with Gasteiger partial charge in [0.1, 0.15) is 11.0 Å². The molecule has 17 heavy (non-hydrogen) atoms. The first-order chi connectivity index (χ1) is 8.25. The lowest BCUT2D eigenvalue weighted by atomic mass is 10.3. The second kappa shape index (κ2) is 4.19. The van der Waals surface area contributed by atoms with Crippen LogP contribution in [-0.4, -0.2) is 20.0 Å². The first-order valence-electron chi connectivity index (χ1n) is 4.88. The normalized spacial score (nSPS) is 10.9. The quantitative estimate of drug-likeness (QED) is 0.673. The van der Waals surface area contributed by atoms with Gasteiger partial charge in [-0.05, 0) is 56.1 Å². The van der Waals surface area contributed by atoms with Gasteiger partial charge in [-0.15, -0.1) is 15.0 Å². The number of fused-ring (bicyclic) bond motifs is 1. The van der Waals surface area contributed by atoms with Gasteiger partial charge in [-0.3, -0.25) is 0 Å². The zero-order valence-electron chi connectivity index (χ0n) is 8.51. The molecular weight excluding hydrogens is 348 g/mol. The molecule has 2 aromatic heterocycles. The number of hydrogen-bond donors (Lipinski definition) is 0. The highest BCUT2D eigenvalue weighted by Crippen LogP contribution is 2.27. The van der Waals surface area contributed by atoms with E-state index in [1.54, 1.807) is 6.20 Å². The maximum Gasteiger partial charge on any atom is 0.174 e. The fourth-order valence-corrected chi connectivity index (χ4v) is 2.31. The highest BCUT2D eigenvalue weighted by molar-refractivity contribution is 9.11. The van der Waals surface area contributed by atoms with E-state index < -0.39 is 0 Å². The number of pyridine rings is 1. The average Bonchev–Trinajstić information content (AvgIpc) is 2.81. The van der Waals surface area contributed by atoms with Crippen LogP contribution in [0.4, 0.5) is 0 Å². The highest BCUT2D eigenvalue weighted by Gasteiger charge is 2.10. The van der Waals surface area contributed by atoms with Crippen LogP contribution in [-0.2, 0) is 0 Å². The molecule has 3 aromatic rings. The third-order valence-electron chi connectivity index (χ3n) is 2.30. The van der Waals surface area contributed by atoms with Crippen LogP contribution in [0.25, 0.3) is 16.9 Å². The second-order valence-corrected chi connectivity index (χ2v) is 5.11. The van der Waals surface area contributed by atoms with Gasteiger partial charge in [0.2, 0.25) is 0 Å². The highest BCUT2D eigenvalue weighted by atomic mass is 79.9. The zero-order chi connectivity index (χ0) is 11.8. The van der Waals surface area contributed by atoms with E-state index in [2.05, 4.69) is 47.0 Å². The Balaban J connectivity index is 2.27. The number of nitrogens with zero attached hydrogens (tertiary/aromatic N) is 4. The topological polar surface area (TPSA) is 43.6 Å². The van der Waals surface area contributed by atoms with Crippen molar-refractivity contribution in [3.05, 3.63) is 45.5 Å². The molecule has 1 aromatic carbocycles.